The van der Waals surface area contributed by atoms with Gasteiger partial charge in [-0.05, 0) is 36.2 Å². The number of nitrogens with one attached hydrogen (secondary N) is 1. The zero-order valence-corrected chi connectivity index (χ0v) is 14.3. The summed E-state index contributed by atoms with van der Waals surface area (Å²) in [7, 11) is 1.63. The molecule has 1 saturated heterocycles. The molecule has 2 aromatic carbocycles. The van der Waals surface area contributed by atoms with Crippen molar-refractivity contribution in [3.05, 3.63) is 60.2 Å². The number of anilines is 1. The molecule has 2 amide bonds. The van der Waals surface area contributed by atoms with Crippen molar-refractivity contribution in [2.24, 2.45) is 0 Å². The third-order valence-electron chi connectivity index (χ3n) is 4.33. The highest BCUT2D eigenvalue weighted by Gasteiger charge is 2.31. The van der Waals surface area contributed by atoms with Crippen LogP contribution in [0.25, 0.3) is 0 Å². The van der Waals surface area contributed by atoms with Gasteiger partial charge in [0.25, 0.3) is 0 Å². The monoisotopic (exact) mass is 338 g/mol. The molecule has 1 heterocycles. The zero-order chi connectivity index (χ0) is 17.6. The van der Waals surface area contributed by atoms with Gasteiger partial charge >= 0.3 is 0 Å². The number of hydrogen-bond donors (Lipinski definition) is 1. The van der Waals surface area contributed by atoms with Crippen molar-refractivity contribution >= 4 is 17.5 Å². The Morgan fingerprint density at radius 2 is 2.00 bits per heavy atom. The first kappa shape index (κ1) is 17.0. The summed E-state index contributed by atoms with van der Waals surface area (Å²) in [4.78, 5) is 26.1. The first-order valence-electron chi connectivity index (χ1n) is 8.43. The van der Waals surface area contributed by atoms with Crippen LogP contribution >= 0.6 is 0 Å². The maximum absolute atomic E-state index is 12.2. The van der Waals surface area contributed by atoms with Crippen LogP contribution in [0.3, 0.4) is 0 Å². The Balaban J connectivity index is 1.51. The fourth-order valence-corrected chi connectivity index (χ4v) is 3.05. The maximum atomic E-state index is 12.2. The lowest BCUT2D eigenvalue weighted by molar-refractivity contribution is -0.121. The van der Waals surface area contributed by atoms with Crippen molar-refractivity contribution in [2.45, 2.75) is 25.3 Å². The number of carbonyl (C=O) groups excluding carboxylic acids is 2. The van der Waals surface area contributed by atoms with Crippen LogP contribution in [-0.2, 0) is 16.0 Å². The molecule has 0 bridgehead atoms. The van der Waals surface area contributed by atoms with Crippen LogP contribution in [0, 0.1) is 0 Å². The summed E-state index contributed by atoms with van der Waals surface area (Å²) in [5, 5.41) is 2.98. The Kier molecular flexibility index (Phi) is 5.33. The molecule has 0 saturated carbocycles. The minimum atomic E-state index is -0.134. The van der Waals surface area contributed by atoms with E-state index in [0.29, 0.717) is 25.8 Å². The third-order valence-corrected chi connectivity index (χ3v) is 4.33. The fourth-order valence-electron chi connectivity index (χ4n) is 3.05. The van der Waals surface area contributed by atoms with Gasteiger partial charge in [-0.25, -0.2) is 0 Å². The average Bonchev–Trinajstić information content (AvgIpc) is 3.01. The molecule has 5 nitrogen and oxygen atoms in total. The summed E-state index contributed by atoms with van der Waals surface area (Å²) < 4.78 is 5.19. The van der Waals surface area contributed by atoms with Crippen molar-refractivity contribution in [2.75, 3.05) is 18.6 Å². The lowest BCUT2D eigenvalue weighted by Crippen LogP contribution is -2.37. The summed E-state index contributed by atoms with van der Waals surface area (Å²) in [6, 6.07) is 17.1. The highest BCUT2D eigenvalue weighted by Crippen LogP contribution is 2.21. The Morgan fingerprint density at radius 3 is 2.76 bits per heavy atom. The standard InChI is InChI=1S/C20H22N2O3/c1-25-18-9-5-6-15(12-18)10-11-19(23)21-16-13-20(24)22(14-16)17-7-3-2-4-8-17/h2-9,12,16H,10-11,13-14H2,1H3,(H,21,23). The van der Waals surface area contributed by atoms with Gasteiger partial charge in [-0.1, -0.05) is 30.3 Å². The summed E-state index contributed by atoms with van der Waals surface area (Å²) in [5.41, 5.74) is 1.93. The minimum absolute atomic E-state index is 0.0319. The van der Waals surface area contributed by atoms with Crippen molar-refractivity contribution < 1.29 is 14.3 Å². The van der Waals surface area contributed by atoms with E-state index in [-0.39, 0.29) is 17.9 Å². The summed E-state index contributed by atoms with van der Waals surface area (Å²) in [6.45, 7) is 0.522. The number of amides is 2. The number of hydrogen-bond acceptors (Lipinski definition) is 3. The van der Waals surface area contributed by atoms with Crippen molar-refractivity contribution in [1.82, 2.24) is 5.32 Å². The van der Waals surface area contributed by atoms with E-state index in [1.165, 1.54) is 0 Å². The maximum Gasteiger partial charge on any atom is 0.229 e. The van der Waals surface area contributed by atoms with E-state index >= 15 is 0 Å². The van der Waals surface area contributed by atoms with Gasteiger partial charge in [0.15, 0.2) is 0 Å². The lowest BCUT2D eigenvalue weighted by atomic mass is 10.1. The number of ether oxygens (including phenoxy) is 1. The predicted octanol–water partition coefficient (Wildman–Crippen LogP) is 2.55. The average molecular weight is 338 g/mol. The number of rotatable bonds is 6. The molecule has 130 valence electrons. The van der Waals surface area contributed by atoms with Gasteiger partial charge in [-0.15, -0.1) is 0 Å². The molecule has 1 fully saturated rings. The van der Waals surface area contributed by atoms with Gasteiger partial charge in [-0.3, -0.25) is 9.59 Å². The molecule has 1 aliphatic heterocycles. The molecule has 1 unspecified atom stereocenters. The molecule has 2 aromatic rings. The third kappa shape index (κ3) is 4.38. The number of para-hydroxylation sites is 1. The van der Waals surface area contributed by atoms with E-state index in [9.17, 15) is 9.59 Å². The van der Waals surface area contributed by atoms with Crippen LogP contribution in [0.4, 0.5) is 5.69 Å². The van der Waals surface area contributed by atoms with Gasteiger partial charge in [0, 0.05) is 25.1 Å². The smallest absolute Gasteiger partial charge is 0.229 e. The van der Waals surface area contributed by atoms with Gasteiger partial charge in [0.05, 0.1) is 13.2 Å². The predicted molar refractivity (Wildman–Crippen MR) is 96.7 cm³/mol. The highest BCUT2D eigenvalue weighted by atomic mass is 16.5. The van der Waals surface area contributed by atoms with E-state index < -0.39 is 0 Å². The molecule has 0 radical (unpaired) electrons. The molecular weight excluding hydrogens is 316 g/mol. The summed E-state index contributed by atoms with van der Waals surface area (Å²) in [5.74, 6) is 0.803. The van der Waals surface area contributed by atoms with Gasteiger partial charge in [0.1, 0.15) is 5.75 Å². The molecule has 0 spiro atoms. The van der Waals surface area contributed by atoms with E-state index in [4.69, 9.17) is 4.74 Å². The molecule has 25 heavy (non-hydrogen) atoms. The molecular formula is C20H22N2O3. The Morgan fingerprint density at radius 1 is 1.20 bits per heavy atom. The highest BCUT2D eigenvalue weighted by molar-refractivity contribution is 5.96. The SMILES string of the molecule is COc1cccc(CCC(=O)NC2CC(=O)N(c3ccccc3)C2)c1. The van der Waals surface area contributed by atoms with Crippen molar-refractivity contribution in [3.63, 3.8) is 0 Å². The zero-order valence-electron chi connectivity index (χ0n) is 14.3. The number of methoxy groups -OCH3 is 1. The minimum Gasteiger partial charge on any atom is -0.497 e. The van der Waals surface area contributed by atoms with Crippen LogP contribution in [0.2, 0.25) is 0 Å². The van der Waals surface area contributed by atoms with Gasteiger partial charge in [-0.2, -0.15) is 0 Å². The molecule has 1 aliphatic rings. The molecule has 0 aromatic heterocycles. The quantitative estimate of drug-likeness (QED) is 0.881. The van der Waals surface area contributed by atoms with Gasteiger partial charge in [0.2, 0.25) is 11.8 Å². The van der Waals surface area contributed by atoms with Crippen LogP contribution in [0.1, 0.15) is 18.4 Å². The second-order valence-electron chi connectivity index (χ2n) is 6.16. The Labute approximate surface area is 147 Å². The Hall–Kier alpha value is -2.82. The normalized spacial score (nSPS) is 16.8. The molecule has 3 rings (SSSR count). The van der Waals surface area contributed by atoms with Crippen molar-refractivity contribution in [1.29, 1.82) is 0 Å². The fraction of sp³-hybridized carbons (Fsp3) is 0.300. The lowest BCUT2D eigenvalue weighted by Gasteiger charge is -2.17. The van der Waals surface area contributed by atoms with E-state index in [0.717, 1.165) is 17.0 Å². The number of carbonyl (C=O) groups is 2. The molecule has 0 aliphatic carbocycles. The summed E-state index contributed by atoms with van der Waals surface area (Å²) >= 11 is 0. The second kappa shape index (κ2) is 7.83. The second-order valence-corrected chi connectivity index (χ2v) is 6.16. The molecule has 5 heteroatoms. The van der Waals surface area contributed by atoms with Crippen LogP contribution < -0.4 is 15.0 Å². The van der Waals surface area contributed by atoms with Crippen LogP contribution in [-0.4, -0.2) is 31.5 Å². The van der Waals surface area contributed by atoms with Crippen LogP contribution in [0.5, 0.6) is 5.75 Å². The number of benzene rings is 2. The first-order valence-corrected chi connectivity index (χ1v) is 8.43. The number of nitrogens with zero attached hydrogens (tertiary/aromatic N) is 1. The van der Waals surface area contributed by atoms with Gasteiger partial charge < -0.3 is 15.0 Å². The first-order chi connectivity index (χ1) is 12.2. The van der Waals surface area contributed by atoms with E-state index in [1.54, 1.807) is 12.0 Å². The van der Waals surface area contributed by atoms with E-state index in [1.807, 2.05) is 54.6 Å². The molecule has 1 atom stereocenters. The van der Waals surface area contributed by atoms with E-state index in [2.05, 4.69) is 5.32 Å². The van der Waals surface area contributed by atoms with Crippen molar-refractivity contribution in [3.8, 4) is 5.75 Å². The Bertz CT molecular complexity index is 746. The number of aryl methyl sites for hydroxylation is 1. The summed E-state index contributed by atoms with van der Waals surface area (Å²) in [6.07, 6.45) is 1.38. The molecule has 1 N–H and O–H groups in total. The topological polar surface area (TPSA) is 58.6 Å². The van der Waals surface area contributed by atoms with Crippen LogP contribution in [0.15, 0.2) is 54.6 Å². The largest absolute Gasteiger partial charge is 0.497 e.